The molecule has 1 aliphatic rings. The first-order chi connectivity index (χ1) is 9.61. The highest BCUT2D eigenvalue weighted by Crippen LogP contribution is 2.23. The van der Waals surface area contributed by atoms with Gasteiger partial charge in [0.1, 0.15) is 0 Å². The number of hydrogen-bond acceptors (Lipinski definition) is 3. The lowest BCUT2D eigenvalue weighted by molar-refractivity contribution is 0.0573. The van der Waals surface area contributed by atoms with Gasteiger partial charge in [0.15, 0.2) is 0 Å². The quantitative estimate of drug-likeness (QED) is 0.790. The van der Waals surface area contributed by atoms with E-state index in [4.69, 9.17) is 5.73 Å². The van der Waals surface area contributed by atoms with Gasteiger partial charge < -0.3 is 10.6 Å². The van der Waals surface area contributed by atoms with Crippen LogP contribution in [0.15, 0.2) is 18.5 Å². The van der Waals surface area contributed by atoms with Gasteiger partial charge in [-0.25, -0.2) is 0 Å². The Morgan fingerprint density at radius 1 is 1.45 bits per heavy atom. The maximum absolute atomic E-state index is 12.6. The summed E-state index contributed by atoms with van der Waals surface area (Å²) >= 11 is 0. The standard InChI is InChI=1S/C16H21N3O/c1-12-5-6-13(2)19(11-12)16(20)15-8-14(4-3-7-17)9-18-10-15/h8-10,12-13H,5-7,11,17H2,1-2H3. The Bertz CT molecular complexity index is 544. The van der Waals surface area contributed by atoms with Crippen molar-refractivity contribution in [1.29, 1.82) is 0 Å². The van der Waals surface area contributed by atoms with Gasteiger partial charge in [-0.15, -0.1) is 0 Å². The zero-order valence-corrected chi connectivity index (χ0v) is 12.1. The van der Waals surface area contributed by atoms with Crippen molar-refractivity contribution in [3.63, 3.8) is 0 Å². The van der Waals surface area contributed by atoms with Crippen molar-refractivity contribution in [3.8, 4) is 11.8 Å². The highest BCUT2D eigenvalue weighted by Gasteiger charge is 2.27. The van der Waals surface area contributed by atoms with E-state index >= 15 is 0 Å². The van der Waals surface area contributed by atoms with E-state index in [1.165, 1.54) is 6.42 Å². The minimum atomic E-state index is 0.0490. The average molecular weight is 271 g/mol. The number of hydrogen-bond donors (Lipinski definition) is 1. The first kappa shape index (κ1) is 14.5. The predicted octanol–water partition coefficient (Wildman–Crippen LogP) is 1.65. The SMILES string of the molecule is CC1CCC(C)N(C(=O)c2cncc(C#CCN)c2)C1. The summed E-state index contributed by atoms with van der Waals surface area (Å²) in [5.74, 6) is 6.30. The molecule has 2 rings (SSSR count). The van der Waals surface area contributed by atoms with Crippen molar-refractivity contribution in [2.75, 3.05) is 13.1 Å². The first-order valence-corrected chi connectivity index (χ1v) is 7.06. The third kappa shape index (κ3) is 3.37. The second kappa shape index (κ2) is 6.53. The van der Waals surface area contributed by atoms with E-state index in [1.807, 2.05) is 4.90 Å². The molecule has 1 aromatic heterocycles. The fourth-order valence-electron chi connectivity index (χ4n) is 2.52. The Morgan fingerprint density at radius 3 is 3.00 bits per heavy atom. The topological polar surface area (TPSA) is 59.2 Å². The van der Waals surface area contributed by atoms with Crippen molar-refractivity contribution in [3.05, 3.63) is 29.6 Å². The molecule has 2 heterocycles. The van der Waals surface area contributed by atoms with E-state index < -0.39 is 0 Å². The number of amides is 1. The molecule has 0 saturated carbocycles. The molecule has 1 saturated heterocycles. The van der Waals surface area contributed by atoms with Crippen LogP contribution < -0.4 is 5.73 Å². The van der Waals surface area contributed by atoms with Crippen LogP contribution in [-0.2, 0) is 0 Å². The lowest BCUT2D eigenvalue weighted by Crippen LogP contribution is -2.44. The van der Waals surface area contributed by atoms with Crippen molar-refractivity contribution < 1.29 is 4.79 Å². The fourth-order valence-corrected chi connectivity index (χ4v) is 2.52. The van der Waals surface area contributed by atoms with Crippen molar-refractivity contribution >= 4 is 5.91 Å². The Kier molecular flexibility index (Phi) is 4.75. The van der Waals surface area contributed by atoms with Gasteiger partial charge in [-0.1, -0.05) is 18.8 Å². The molecule has 2 unspecified atom stereocenters. The molecule has 106 valence electrons. The number of carbonyl (C=O) groups excluding carboxylic acids is 1. The Morgan fingerprint density at radius 2 is 2.25 bits per heavy atom. The minimum Gasteiger partial charge on any atom is -0.336 e. The lowest BCUT2D eigenvalue weighted by Gasteiger charge is -2.36. The largest absolute Gasteiger partial charge is 0.336 e. The summed E-state index contributed by atoms with van der Waals surface area (Å²) in [4.78, 5) is 18.7. The fraction of sp³-hybridized carbons (Fsp3) is 0.500. The molecule has 1 aliphatic heterocycles. The molecule has 1 aromatic rings. The first-order valence-electron chi connectivity index (χ1n) is 7.06. The highest BCUT2D eigenvalue weighted by molar-refractivity contribution is 5.94. The second-order valence-corrected chi connectivity index (χ2v) is 5.46. The number of nitrogens with two attached hydrogens (primary N) is 1. The summed E-state index contributed by atoms with van der Waals surface area (Å²) in [6, 6.07) is 2.08. The summed E-state index contributed by atoms with van der Waals surface area (Å²) in [6.45, 7) is 5.42. The van der Waals surface area contributed by atoms with Crippen LogP contribution in [0.4, 0.5) is 0 Å². The molecule has 2 atom stereocenters. The van der Waals surface area contributed by atoms with Gasteiger partial charge in [0.05, 0.1) is 12.1 Å². The van der Waals surface area contributed by atoms with Crippen LogP contribution >= 0.6 is 0 Å². The predicted molar refractivity (Wildman–Crippen MR) is 79.1 cm³/mol. The molecule has 1 amide bonds. The molecule has 0 bridgehead atoms. The van der Waals surface area contributed by atoms with E-state index in [9.17, 15) is 4.79 Å². The lowest BCUT2D eigenvalue weighted by atomic mass is 9.94. The second-order valence-electron chi connectivity index (χ2n) is 5.46. The van der Waals surface area contributed by atoms with Gasteiger partial charge in [0, 0.05) is 30.5 Å². The molecular weight excluding hydrogens is 250 g/mol. The van der Waals surface area contributed by atoms with Gasteiger partial charge >= 0.3 is 0 Å². The van der Waals surface area contributed by atoms with Crippen molar-refractivity contribution in [1.82, 2.24) is 9.88 Å². The van der Waals surface area contributed by atoms with Crippen LogP contribution in [0.5, 0.6) is 0 Å². The monoisotopic (exact) mass is 271 g/mol. The summed E-state index contributed by atoms with van der Waals surface area (Å²) in [5, 5.41) is 0. The molecule has 0 aromatic carbocycles. The van der Waals surface area contributed by atoms with Gasteiger partial charge in [-0.2, -0.15) is 0 Å². The van der Waals surface area contributed by atoms with E-state index in [0.717, 1.165) is 18.5 Å². The van der Waals surface area contributed by atoms with Crippen molar-refractivity contribution in [2.45, 2.75) is 32.7 Å². The van der Waals surface area contributed by atoms with Crippen LogP contribution in [0.3, 0.4) is 0 Å². The Labute approximate surface area is 120 Å². The molecule has 0 radical (unpaired) electrons. The Balaban J connectivity index is 2.20. The number of likely N-dealkylation sites (tertiary alicyclic amines) is 1. The molecule has 0 aliphatic carbocycles. The Hall–Kier alpha value is -1.86. The van der Waals surface area contributed by atoms with Crippen LogP contribution in [0, 0.1) is 17.8 Å². The molecule has 1 fully saturated rings. The third-order valence-corrected chi connectivity index (χ3v) is 3.70. The van der Waals surface area contributed by atoms with E-state index in [0.29, 0.717) is 18.0 Å². The van der Waals surface area contributed by atoms with E-state index in [2.05, 4.69) is 30.7 Å². The molecule has 4 heteroatoms. The number of rotatable bonds is 1. The summed E-state index contributed by atoms with van der Waals surface area (Å²) < 4.78 is 0. The number of nitrogens with zero attached hydrogens (tertiary/aromatic N) is 2. The number of piperidine rings is 1. The third-order valence-electron chi connectivity index (χ3n) is 3.70. The number of pyridine rings is 1. The van der Waals surface area contributed by atoms with Crippen molar-refractivity contribution in [2.24, 2.45) is 11.7 Å². The van der Waals surface area contributed by atoms with Crippen LogP contribution in [0.2, 0.25) is 0 Å². The van der Waals surface area contributed by atoms with Gasteiger partial charge in [-0.05, 0) is 31.7 Å². The van der Waals surface area contributed by atoms with Crippen LogP contribution in [0.1, 0.15) is 42.6 Å². The van der Waals surface area contributed by atoms with E-state index in [1.54, 1.807) is 18.5 Å². The normalized spacial score (nSPS) is 22.1. The van der Waals surface area contributed by atoms with Crippen LogP contribution in [0.25, 0.3) is 0 Å². The zero-order valence-electron chi connectivity index (χ0n) is 12.1. The minimum absolute atomic E-state index is 0.0490. The van der Waals surface area contributed by atoms with E-state index in [-0.39, 0.29) is 11.9 Å². The zero-order chi connectivity index (χ0) is 14.5. The summed E-state index contributed by atoms with van der Waals surface area (Å²) in [6.07, 6.45) is 5.52. The van der Waals surface area contributed by atoms with Gasteiger partial charge in [0.25, 0.3) is 5.91 Å². The summed E-state index contributed by atoms with van der Waals surface area (Å²) in [7, 11) is 0. The molecular formula is C16H21N3O. The smallest absolute Gasteiger partial charge is 0.255 e. The summed E-state index contributed by atoms with van der Waals surface area (Å²) in [5.41, 5.74) is 6.70. The highest BCUT2D eigenvalue weighted by atomic mass is 16.2. The maximum Gasteiger partial charge on any atom is 0.255 e. The van der Waals surface area contributed by atoms with Gasteiger partial charge in [-0.3, -0.25) is 9.78 Å². The van der Waals surface area contributed by atoms with Gasteiger partial charge in [0.2, 0.25) is 0 Å². The average Bonchev–Trinajstić information content (AvgIpc) is 2.47. The van der Waals surface area contributed by atoms with Crippen LogP contribution in [-0.4, -0.2) is 34.9 Å². The number of aromatic nitrogens is 1. The molecule has 0 spiro atoms. The number of carbonyl (C=O) groups is 1. The molecule has 4 nitrogen and oxygen atoms in total. The molecule has 20 heavy (non-hydrogen) atoms. The molecule has 2 N–H and O–H groups in total. The maximum atomic E-state index is 12.6.